The van der Waals surface area contributed by atoms with Crippen molar-refractivity contribution >= 4 is 91.8 Å². The van der Waals surface area contributed by atoms with Crippen molar-refractivity contribution < 1.29 is 0 Å². The average molecular weight is 188 g/mol. The van der Waals surface area contributed by atoms with Crippen LogP contribution in [0.25, 0.3) is 0 Å². The molecule has 0 amide bonds. The molecule has 2 unspecified atom stereocenters. The molecule has 12 heavy (non-hydrogen) atoms. The Morgan fingerprint density at radius 1 is 0.500 bits per heavy atom. The maximum atomic E-state index is 2.27. The molecule has 0 aliphatic carbocycles. The van der Waals surface area contributed by atoms with Crippen molar-refractivity contribution in [2.24, 2.45) is 0 Å². The Morgan fingerprint density at radius 2 is 0.750 bits per heavy atom. The summed E-state index contributed by atoms with van der Waals surface area (Å²) in [6.45, 7) is 0. The third kappa shape index (κ3) is 17.6. The Kier molecular flexibility index (Phi) is 29.2. The molecule has 2 atom stereocenters. The monoisotopic (exact) mass is 190 g/mol. The predicted molar refractivity (Wildman–Crippen MR) is 96.5 cm³/mol. The Bertz CT molecular complexity index is 47.8. The van der Waals surface area contributed by atoms with Gasteiger partial charge in [0, 0.05) is 56.5 Å². The zero-order valence-corrected chi connectivity index (χ0v) is 11.9. The summed E-state index contributed by atoms with van der Waals surface area (Å²) < 4.78 is 0. The van der Waals surface area contributed by atoms with Gasteiger partial charge in [-0.05, 0) is 0 Å². The summed E-state index contributed by atoms with van der Waals surface area (Å²) in [6.07, 6.45) is 0. The van der Waals surface area contributed by atoms with E-state index in [1.165, 1.54) is 56.5 Å². The van der Waals surface area contributed by atoms with E-state index in [1.54, 1.807) is 0 Å². The quantitative estimate of drug-likeness (QED) is 0.212. The van der Waals surface area contributed by atoms with E-state index in [2.05, 4.69) is 15.5 Å². The van der Waals surface area contributed by atoms with Crippen LogP contribution < -0.4 is 0 Å². The second-order valence-corrected chi connectivity index (χ2v) is 3.12. The summed E-state index contributed by atoms with van der Waals surface area (Å²) in [5.74, 6) is 0. The average Bonchev–Trinajstić information content (AvgIpc) is 1.97. The van der Waals surface area contributed by atoms with Crippen LogP contribution in [0.15, 0.2) is 0 Å². The Morgan fingerprint density at radius 3 is 1.00 bits per heavy atom. The van der Waals surface area contributed by atoms with Crippen molar-refractivity contribution in [1.82, 2.24) is 0 Å². The molecule has 0 aromatic heterocycles. The van der Waals surface area contributed by atoms with Crippen molar-refractivity contribution in [1.29, 1.82) is 0 Å². The lowest BCUT2D eigenvalue weighted by molar-refractivity contribution is 3.84. The number of hydrogen-bond donors (Lipinski definition) is 0. The first-order valence-electron chi connectivity index (χ1n) is 4.91. The van der Waals surface area contributed by atoms with Gasteiger partial charge in [0.1, 0.15) is 0 Å². The second kappa shape index (κ2) is 18.3. The van der Waals surface area contributed by atoms with Crippen LogP contribution in [0.5, 0.6) is 0 Å². The van der Waals surface area contributed by atoms with Gasteiger partial charge in [0.15, 0.2) is 0 Å². The van der Waals surface area contributed by atoms with E-state index in [0.29, 0.717) is 0 Å². The fraction of sp³-hybridized carbons (Fsp3) is 0. The molecule has 0 saturated carbocycles. The van der Waals surface area contributed by atoms with Crippen LogP contribution >= 0.6 is 19.8 Å². The molecule has 0 radical (unpaired) electrons. The van der Waals surface area contributed by atoms with Crippen molar-refractivity contribution in [3.63, 3.8) is 0 Å². The molecule has 0 spiro atoms. The molecule has 0 saturated heterocycles. The van der Waals surface area contributed by atoms with E-state index in [1.807, 2.05) is 0 Å². The number of rotatable bonds is 7. The molecule has 0 heterocycles. The highest BCUT2D eigenvalue weighted by Crippen LogP contribution is 1.54. The molecule has 0 nitrogen and oxygen atoms in total. The fourth-order valence-electron chi connectivity index (χ4n) is 1.21. The molecule has 58 valence electrons. The molecule has 0 rings (SSSR count). The third-order valence-corrected chi connectivity index (χ3v) is 1.96. The molecule has 0 fully saturated rings. The second-order valence-electron chi connectivity index (χ2n) is 3.12. The van der Waals surface area contributed by atoms with Crippen molar-refractivity contribution in [2.45, 2.75) is 0 Å². The van der Waals surface area contributed by atoms with Crippen molar-refractivity contribution in [3.05, 3.63) is 0 Å². The summed E-state index contributed by atoms with van der Waals surface area (Å²) in [6, 6.07) is 0. The van der Waals surface area contributed by atoms with Gasteiger partial charge in [0.2, 0.25) is 0 Å². The lowest BCUT2D eigenvalue weighted by Crippen LogP contribution is -2.30. The van der Waals surface area contributed by atoms with E-state index >= 15 is 0 Å². The maximum absolute atomic E-state index is 2.27. The van der Waals surface area contributed by atoms with Gasteiger partial charge in [-0.3, -0.25) is 0 Å². The lowest BCUT2D eigenvalue weighted by Gasteiger charge is -1.88. The minimum Gasteiger partial charge on any atom is -0.153 e. The largest absolute Gasteiger partial charge is 0.153 e. The van der Waals surface area contributed by atoms with E-state index in [0.717, 1.165) is 0 Å². The predicted octanol–water partition coefficient (Wildman–Crippen LogP) is -6.90. The van der Waals surface area contributed by atoms with Crippen LogP contribution in [0.2, 0.25) is 0 Å². The Hall–Kier alpha value is 1.51. The third-order valence-electron chi connectivity index (χ3n) is 1.96. The van der Waals surface area contributed by atoms with Gasteiger partial charge in [-0.1, -0.05) is 0 Å². The first-order chi connectivity index (χ1) is 4.91. The fourth-order valence-corrected chi connectivity index (χ4v) is 1.21. The van der Waals surface area contributed by atoms with Crippen LogP contribution in [0, 0.1) is 0 Å². The number of hydrogen-bond acceptors (Lipinski definition) is 0. The highest BCUT2D eigenvalue weighted by Gasteiger charge is 1.96. The molecule has 0 bridgehead atoms. The van der Waals surface area contributed by atoms with E-state index in [9.17, 15) is 0 Å². The van der Waals surface area contributed by atoms with Crippen LogP contribution in [0.4, 0.5) is 0 Å². The Balaban J connectivity index is -0.000000405. The van der Waals surface area contributed by atoms with Gasteiger partial charge in [-0.2, -0.15) is 19.8 Å². The van der Waals surface area contributed by atoms with Crippen molar-refractivity contribution in [3.8, 4) is 0 Å². The highest BCUT2D eigenvalue weighted by molar-refractivity contribution is 7.68. The topological polar surface area (TPSA) is 0 Å². The van der Waals surface area contributed by atoms with E-state index < -0.39 is 0 Å². The summed E-state index contributed by atoms with van der Waals surface area (Å²) in [5.41, 5.74) is 0. The molecule has 0 aromatic carbocycles. The first kappa shape index (κ1) is 19.1. The van der Waals surface area contributed by atoms with Gasteiger partial charge < -0.3 is 0 Å². The molecular weight excluding hydrogens is 170 g/mol. The van der Waals surface area contributed by atoms with Gasteiger partial charge in [0.25, 0.3) is 0 Å². The summed E-state index contributed by atoms with van der Waals surface area (Å²) in [4.78, 5) is 0. The van der Waals surface area contributed by atoms with E-state index in [4.69, 9.17) is 0 Å². The molecular formula is H18B10P2. The summed E-state index contributed by atoms with van der Waals surface area (Å²) >= 11 is 0. The zero-order valence-electron chi connectivity index (χ0n) is 9.07. The summed E-state index contributed by atoms with van der Waals surface area (Å²) in [5, 5.41) is 0. The molecule has 0 aromatic rings. The molecule has 12 heteroatoms. The summed E-state index contributed by atoms with van der Waals surface area (Å²) in [7, 11) is 16.0. The van der Waals surface area contributed by atoms with Gasteiger partial charge in [-0.25, -0.2) is 0 Å². The molecule has 0 N–H and O–H groups in total. The minimum absolute atomic E-state index is 0. The highest BCUT2D eigenvalue weighted by atomic mass is 31.0. The van der Waals surface area contributed by atoms with Crippen LogP contribution in [0.3, 0.4) is 0 Å². The maximum Gasteiger partial charge on any atom is 0.0597 e. The van der Waals surface area contributed by atoms with Crippen LogP contribution in [-0.2, 0) is 0 Å². The first-order valence-corrected chi connectivity index (χ1v) is 4.91. The van der Waals surface area contributed by atoms with Crippen LogP contribution in [0.1, 0.15) is 0 Å². The van der Waals surface area contributed by atoms with Gasteiger partial charge >= 0.3 is 0 Å². The standard InChI is InChI=1S/B10H12.2H3P/c1-3-5-7-9-10-8-6-4-2;;/h3-10H,1-2H2;2*1H3. The molecule has 0 aliphatic heterocycles. The SMILES string of the molecule is BBBBBBBBBB.P.P. The lowest BCUT2D eigenvalue weighted by atomic mass is 8.89. The smallest absolute Gasteiger partial charge is 0.0597 e. The molecule has 0 aliphatic rings. The van der Waals surface area contributed by atoms with Crippen LogP contribution in [-0.4, -0.2) is 72.0 Å². The van der Waals surface area contributed by atoms with Gasteiger partial charge in [-0.15, -0.1) is 0 Å². The minimum atomic E-state index is 0. The Labute approximate surface area is 91.9 Å². The normalized spacial score (nSPS) is 5.67. The van der Waals surface area contributed by atoms with E-state index in [-0.39, 0.29) is 19.8 Å². The zero-order chi connectivity index (χ0) is 7.66. The van der Waals surface area contributed by atoms with Crippen molar-refractivity contribution in [2.75, 3.05) is 0 Å². The van der Waals surface area contributed by atoms with Gasteiger partial charge in [0.05, 0.1) is 15.5 Å².